The predicted octanol–water partition coefficient (Wildman–Crippen LogP) is 3.29. The van der Waals surface area contributed by atoms with Crippen LogP contribution < -0.4 is 54.2 Å². The number of nitrogens with one attached hydrogen (secondary N) is 2. The van der Waals surface area contributed by atoms with Crippen LogP contribution >= 0.6 is 11.6 Å². The van der Waals surface area contributed by atoms with Crippen LogP contribution in [0.5, 0.6) is 0 Å². The number of likely N-dealkylation sites (N-methyl/N-ethyl adjacent to an activating group) is 4. The fraction of sp³-hybridized carbons (Fsp3) is 0.562. The number of aromatic nitrogens is 12. The van der Waals surface area contributed by atoms with E-state index in [1.54, 1.807) is 42.3 Å². The van der Waals surface area contributed by atoms with Crippen molar-refractivity contribution in [3.8, 4) is 0 Å². The molecule has 15 rings (SSSR count). The van der Waals surface area contributed by atoms with Gasteiger partial charge in [0.1, 0.15) is 39.8 Å². The standard InChI is InChI=1S/C21H24FN7O.C14H20N4O2.C13H18N4O2.C11H16N4O2.C8H18O2Si.C6H5ClN2O2.Li/c1-13-10-29-11-14(7-17(22)20(29)25-13)26-21(30)18-8-24-19(9-23-18)28-6-5-16(12-28)27(2)15-3-4-15;1-17(10-3-4-10)11-5-6-18(9-11)13-8-15-12(7-16-13)14(19)20-2;1-16(9-2-3-9)10-4-5-17(8-10)12-7-14-11(6-15-12)13(18)19;1-12-8-3-4-15(7-8)10-6-13-9(5-14-10)11(16)17-2;1-5-9-8(6-7-8)10-11(2,3)4;1-11-6(10)4-2-9-5(7)3-8-4;/h7-11,15-16H,3-6,12H2,1-2H3,(H,26,30);7-8,10-11H,3-6,9H2,1-2H3;6-7,9-10H,2-5,8H2,1H3,(H,18,19);5-6,8,12H,3-4,7H2,1-2H3;5-7H2,1-4H3;2-3H,1H3;/q;;;;;;+1/p-1/t16-;11-;10-;8-;;;/m1111.../s1. The molecule has 0 spiro atoms. The molecule has 2 N–H and O–H groups in total. The third kappa shape index (κ3) is 24.2. The zero-order valence-electron chi connectivity index (χ0n) is 64.6. The molecule has 4 aliphatic carbocycles. The van der Waals surface area contributed by atoms with Crippen molar-refractivity contribution in [3.05, 3.63) is 126 Å². The van der Waals surface area contributed by atoms with Gasteiger partial charge in [-0.2, -0.15) is 0 Å². The second-order valence-corrected chi connectivity index (χ2v) is 33.6. The molecule has 32 nitrogen and oxygen atoms in total. The van der Waals surface area contributed by atoms with Crippen molar-refractivity contribution in [1.29, 1.82) is 0 Å². The summed E-state index contributed by atoms with van der Waals surface area (Å²) in [7, 11) is 11.1. The number of anilines is 5. The van der Waals surface area contributed by atoms with Crippen LogP contribution in [0.1, 0.15) is 142 Å². The van der Waals surface area contributed by atoms with Gasteiger partial charge in [0.15, 0.2) is 42.7 Å². The first-order valence-corrected chi connectivity index (χ1v) is 40.4. The number of carboxylic acid groups (broad SMARTS) is 1. The van der Waals surface area contributed by atoms with Crippen molar-refractivity contribution in [1.82, 2.24) is 79.2 Å². The largest absolute Gasteiger partial charge is 1.00 e. The number of methoxy groups -OCH3 is 3. The molecule has 0 unspecified atom stereocenters. The maximum Gasteiger partial charge on any atom is 1.00 e. The molecule has 11 heterocycles. The van der Waals surface area contributed by atoms with Gasteiger partial charge in [0.2, 0.25) is 0 Å². The average molecular weight is 1540 g/mol. The summed E-state index contributed by atoms with van der Waals surface area (Å²) in [6.45, 7) is 18.8. The minimum absolute atomic E-state index is 0. The van der Waals surface area contributed by atoms with Crippen LogP contribution in [0.3, 0.4) is 0 Å². The van der Waals surface area contributed by atoms with E-state index in [2.05, 4.69) is 155 Å². The van der Waals surface area contributed by atoms with Crippen LogP contribution in [-0.2, 0) is 23.4 Å². The topological polar surface area (TPSA) is 347 Å². The number of hydrogen-bond acceptors (Lipinski definition) is 30. The van der Waals surface area contributed by atoms with Gasteiger partial charge < -0.3 is 67.9 Å². The number of aryl methyl sites for hydroxylation is 1. The number of imidazole rings is 1. The average Bonchev–Trinajstić information content (AvgIpc) is 1.66. The van der Waals surface area contributed by atoms with Crippen LogP contribution in [-0.4, -0.2) is 269 Å². The van der Waals surface area contributed by atoms with Crippen molar-refractivity contribution in [3.63, 3.8) is 0 Å². The molecular weight excluding hydrogens is 1440 g/mol. The van der Waals surface area contributed by atoms with E-state index in [1.165, 1.54) is 109 Å². The van der Waals surface area contributed by atoms with E-state index in [-0.39, 0.29) is 63.9 Å². The van der Waals surface area contributed by atoms with Crippen molar-refractivity contribution in [2.75, 3.05) is 133 Å². The van der Waals surface area contributed by atoms with Crippen molar-refractivity contribution in [2.45, 2.75) is 159 Å². The van der Waals surface area contributed by atoms with E-state index >= 15 is 0 Å². The van der Waals surface area contributed by atoms with Crippen LogP contribution in [0.2, 0.25) is 24.8 Å². The van der Waals surface area contributed by atoms with Crippen LogP contribution in [0.4, 0.5) is 33.3 Å². The summed E-state index contributed by atoms with van der Waals surface area (Å²) >= 11 is 5.43. The number of esters is 3. The first-order valence-electron chi connectivity index (χ1n) is 36.6. The first-order chi connectivity index (χ1) is 51.8. The predicted molar refractivity (Wildman–Crippen MR) is 403 cm³/mol. The van der Waals surface area contributed by atoms with E-state index in [0.29, 0.717) is 35.5 Å². The maximum absolute atomic E-state index is 14.2. The summed E-state index contributed by atoms with van der Waals surface area (Å²) in [6.07, 6.45) is 32.5. The van der Waals surface area contributed by atoms with Gasteiger partial charge in [-0.05, 0) is 126 Å². The minimum atomic E-state index is -1.39. The summed E-state index contributed by atoms with van der Waals surface area (Å²) in [5, 5.41) is 16.8. The Morgan fingerprint density at radius 3 is 1.29 bits per heavy atom. The summed E-state index contributed by atoms with van der Waals surface area (Å²) < 4.78 is 40.8. The van der Waals surface area contributed by atoms with Gasteiger partial charge in [0.05, 0.1) is 101 Å². The third-order valence-electron chi connectivity index (χ3n) is 19.7. The molecule has 4 saturated carbocycles. The fourth-order valence-electron chi connectivity index (χ4n) is 13.1. The van der Waals surface area contributed by atoms with Crippen LogP contribution in [0, 0.1) is 12.7 Å². The Balaban J connectivity index is 0.000000156. The molecule has 0 aromatic carbocycles. The molecule has 8 aliphatic rings. The molecular formula is C73H100ClFLiN21O11Si. The number of carboxylic acids is 1. The van der Waals surface area contributed by atoms with Gasteiger partial charge in [-0.1, -0.05) is 11.6 Å². The molecule has 4 saturated heterocycles. The number of amides is 1. The Bertz CT molecular complexity index is 4130. The Hall–Kier alpha value is -8.57. The zero-order valence-corrected chi connectivity index (χ0v) is 66.4. The molecule has 582 valence electrons. The van der Waals surface area contributed by atoms with E-state index in [0.717, 1.165) is 139 Å². The Morgan fingerprint density at radius 1 is 0.560 bits per heavy atom. The van der Waals surface area contributed by atoms with E-state index < -0.39 is 43.9 Å². The first kappa shape index (κ1) is 84.5. The maximum atomic E-state index is 14.2. The number of aromatic carboxylic acids is 1. The van der Waals surface area contributed by atoms with E-state index in [1.807, 2.05) is 14.0 Å². The van der Waals surface area contributed by atoms with E-state index in [4.69, 9.17) is 20.8 Å². The number of fused-ring (bicyclic) bond motifs is 1. The number of rotatable bonds is 21. The molecule has 109 heavy (non-hydrogen) atoms. The number of pyridine rings is 1. The summed E-state index contributed by atoms with van der Waals surface area (Å²) in [5.74, 6) is -0.633. The quantitative estimate of drug-likeness (QED) is 0.0451. The van der Waals surface area contributed by atoms with Gasteiger partial charge >= 0.3 is 36.8 Å². The Labute approximate surface area is 653 Å². The molecule has 0 radical (unpaired) electrons. The number of carbonyl (C=O) groups is 5. The summed E-state index contributed by atoms with van der Waals surface area (Å²) in [4.78, 5) is 118. The molecule has 8 fully saturated rings. The molecule has 7 aromatic rings. The van der Waals surface area contributed by atoms with E-state index in [9.17, 15) is 33.5 Å². The summed E-state index contributed by atoms with van der Waals surface area (Å²) in [6, 6.07) is 5.74. The molecule has 4 aliphatic heterocycles. The van der Waals surface area contributed by atoms with Crippen molar-refractivity contribution < 1.29 is 75.7 Å². The summed E-state index contributed by atoms with van der Waals surface area (Å²) in [5.41, 5.74) is 1.97. The molecule has 7 aromatic heterocycles. The van der Waals surface area contributed by atoms with Crippen LogP contribution in [0.15, 0.2) is 80.4 Å². The number of halogens is 2. The molecule has 1 amide bonds. The Morgan fingerprint density at radius 2 is 0.954 bits per heavy atom. The SMILES string of the molecule is CCOC1(O[Si](C)(C)C)CC1.CN(C1CC1)[C@@H]1CCN(c2cnc(C(=O)[O-])cn2)C1.CN[C@@H]1CCN(c2cnc(C(=O)OC)cn2)C1.COC(=O)c1cnc(Cl)cn1.COC(=O)c1cnc(N2CC[C@@H](N(C)C3CC3)C2)cn1.Cc1cn2cc(NC(=O)c3cnc(N4CC[C@@H](N(C)C5CC5)C4)cn3)cc(F)c2n1.[Li+]. The van der Waals surface area contributed by atoms with Gasteiger partial charge in [-0.25, -0.2) is 73.6 Å². The number of ether oxygens (including phenoxy) is 4. The second-order valence-electron chi connectivity index (χ2n) is 28.8. The van der Waals surface area contributed by atoms with Gasteiger partial charge in [0.25, 0.3) is 5.91 Å². The third-order valence-corrected chi connectivity index (χ3v) is 20.9. The van der Waals surface area contributed by atoms with Gasteiger partial charge in [0, 0.05) is 133 Å². The second kappa shape index (κ2) is 38.9. The van der Waals surface area contributed by atoms with Crippen molar-refractivity contribution >= 4 is 84.3 Å². The minimum Gasteiger partial charge on any atom is -0.543 e. The normalized spacial score (nSPS) is 19.5. The smallest absolute Gasteiger partial charge is 0.543 e. The molecule has 0 bridgehead atoms. The van der Waals surface area contributed by atoms with Crippen LogP contribution in [0.25, 0.3) is 5.65 Å². The van der Waals surface area contributed by atoms with Crippen molar-refractivity contribution in [2.24, 2.45) is 0 Å². The molecule has 36 heteroatoms. The monoisotopic (exact) mass is 1540 g/mol. The fourth-order valence-corrected chi connectivity index (χ4v) is 14.6. The zero-order chi connectivity index (χ0) is 77.4. The van der Waals surface area contributed by atoms with Gasteiger partial charge in [-0.15, -0.1) is 0 Å². The van der Waals surface area contributed by atoms with Gasteiger partial charge in [-0.3, -0.25) is 19.5 Å². The number of hydrogen-bond donors (Lipinski definition) is 2. The Kier molecular flexibility index (Phi) is 30.1. The number of nitrogens with zero attached hydrogens (tertiary/aromatic N) is 19. The molecule has 4 atom stereocenters. The number of carbonyl (C=O) groups excluding carboxylic acids is 5.